The normalized spacial score (nSPS) is 11.8. The summed E-state index contributed by atoms with van der Waals surface area (Å²) < 4.78 is 0. The van der Waals surface area contributed by atoms with Gasteiger partial charge < -0.3 is 15.3 Å². The van der Waals surface area contributed by atoms with Gasteiger partial charge in [-0.3, -0.25) is 0 Å². The fraction of sp³-hybridized carbons (Fsp3) is 0.889. The molecule has 0 bridgehead atoms. The second kappa shape index (κ2) is 5.07. The minimum atomic E-state index is -0.954. The van der Waals surface area contributed by atoms with Gasteiger partial charge in [0, 0.05) is 12.1 Å². The molecule has 0 aromatic carbocycles. The smallest absolute Gasteiger partial charge is 0.405 e. The average molecular weight is 188 g/mol. The van der Waals surface area contributed by atoms with Crippen molar-refractivity contribution in [3.8, 4) is 0 Å². The van der Waals surface area contributed by atoms with Crippen LogP contribution in [-0.2, 0) is 0 Å². The lowest BCUT2D eigenvalue weighted by atomic mass is 10.0. The molecule has 0 saturated heterocycles. The van der Waals surface area contributed by atoms with E-state index in [0.717, 1.165) is 19.5 Å². The van der Waals surface area contributed by atoms with Crippen LogP contribution < -0.4 is 5.32 Å². The van der Waals surface area contributed by atoms with E-state index in [9.17, 15) is 4.79 Å². The van der Waals surface area contributed by atoms with Crippen LogP contribution in [0.2, 0.25) is 0 Å². The molecule has 0 aromatic heterocycles. The largest absolute Gasteiger partial charge is 0.465 e. The van der Waals surface area contributed by atoms with Crippen molar-refractivity contribution in [3.63, 3.8) is 0 Å². The summed E-state index contributed by atoms with van der Waals surface area (Å²) in [6, 6.07) is 0. The second-order valence-electron chi connectivity index (χ2n) is 3.96. The third-order valence-corrected chi connectivity index (χ3v) is 2.10. The Labute approximate surface area is 79.9 Å². The fourth-order valence-corrected chi connectivity index (χ4v) is 0.980. The lowest BCUT2D eigenvalue weighted by Crippen LogP contribution is -2.44. The Balaban J connectivity index is 3.81. The van der Waals surface area contributed by atoms with Crippen molar-refractivity contribution in [2.75, 3.05) is 20.1 Å². The SMILES string of the molecule is CCN(C)CCC(C)(C)NC(=O)O. The molecule has 1 amide bonds. The number of carbonyl (C=O) groups is 1. The maximum atomic E-state index is 10.4. The number of carboxylic acid groups (broad SMARTS) is 1. The zero-order valence-electron chi connectivity index (χ0n) is 8.92. The zero-order valence-corrected chi connectivity index (χ0v) is 8.92. The lowest BCUT2D eigenvalue weighted by molar-refractivity contribution is 0.177. The molecule has 0 atom stereocenters. The second-order valence-corrected chi connectivity index (χ2v) is 3.96. The average Bonchev–Trinajstić information content (AvgIpc) is 1.98. The summed E-state index contributed by atoms with van der Waals surface area (Å²) in [6.45, 7) is 7.76. The molecule has 0 spiro atoms. The minimum absolute atomic E-state index is 0.338. The monoisotopic (exact) mass is 188 g/mol. The molecule has 0 heterocycles. The van der Waals surface area contributed by atoms with E-state index in [-0.39, 0.29) is 5.54 Å². The third kappa shape index (κ3) is 6.40. The molecule has 13 heavy (non-hydrogen) atoms. The number of hydrogen-bond donors (Lipinski definition) is 2. The first-order valence-corrected chi connectivity index (χ1v) is 4.57. The van der Waals surface area contributed by atoms with Gasteiger partial charge >= 0.3 is 6.09 Å². The highest BCUT2D eigenvalue weighted by Crippen LogP contribution is 2.08. The van der Waals surface area contributed by atoms with Gasteiger partial charge in [0.1, 0.15) is 0 Å². The predicted molar refractivity (Wildman–Crippen MR) is 53.0 cm³/mol. The highest BCUT2D eigenvalue weighted by atomic mass is 16.4. The molecular weight excluding hydrogens is 168 g/mol. The molecule has 0 aliphatic heterocycles. The van der Waals surface area contributed by atoms with Crippen molar-refractivity contribution in [1.82, 2.24) is 10.2 Å². The Morgan fingerprint density at radius 3 is 2.46 bits per heavy atom. The predicted octanol–water partition coefficient (Wildman–Crippen LogP) is 1.37. The van der Waals surface area contributed by atoms with Crippen molar-refractivity contribution in [2.24, 2.45) is 0 Å². The van der Waals surface area contributed by atoms with Crippen LogP contribution in [-0.4, -0.2) is 41.8 Å². The standard InChI is InChI=1S/C9H20N2O2/c1-5-11(4)7-6-9(2,3)10-8(12)13/h10H,5-7H2,1-4H3,(H,12,13). The maximum absolute atomic E-state index is 10.4. The van der Waals surface area contributed by atoms with Crippen molar-refractivity contribution in [3.05, 3.63) is 0 Å². The van der Waals surface area contributed by atoms with Gasteiger partial charge in [0.05, 0.1) is 0 Å². The summed E-state index contributed by atoms with van der Waals surface area (Å²) in [5.41, 5.74) is -0.338. The first-order chi connectivity index (χ1) is 5.87. The van der Waals surface area contributed by atoms with Crippen LogP contribution in [0, 0.1) is 0 Å². The van der Waals surface area contributed by atoms with E-state index in [0.29, 0.717) is 0 Å². The van der Waals surface area contributed by atoms with Crippen LogP contribution in [0.15, 0.2) is 0 Å². The van der Waals surface area contributed by atoms with Gasteiger partial charge in [0.25, 0.3) is 0 Å². The van der Waals surface area contributed by atoms with E-state index in [1.165, 1.54) is 0 Å². The number of nitrogens with zero attached hydrogens (tertiary/aromatic N) is 1. The quantitative estimate of drug-likeness (QED) is 0.685. The van der Waals surface area contributed by atoms with E-state index < -0.39 is 6.09 Å². The molecular formula is C9H20N2O2. The molecule has 0 aliphatic rings. The molecule has 0 aliphatic carbocycles. The van der Waals surface area contributed by atoms with E-state index in [4.69, 9.17) is 5.11 Å². The lowest BCUT2D eigenvalue weighted by Gasteiger charge is -2.26. The van der Waals surface area contributed by atoms with E-state index in [2.05, 4.69) is 17.1 Å². The molecule has 0 radical (unpaired) electrons. The van der Waals surface area contributed by atoms with Crippen molar-refractivity contribution >= 4 is 6.09 Å². The highest BCUT2D eigenvalue weighted by Gasteiger charge is 2.19. The molecule has 78 valence electrons. The first-order valence-electron chi connectivity index (χ1n) is 4.57. The van der Waals surface area contributed by atoms with Crippen LogP contribution in [0.5, 0.6) is 0 Å². The van der Waals surface area contributed by atoms with Gasteiger partial charge in [-0.2, -0.15) is 0 Å². The van der Waals surface area contributed by atoms with Crippen molar-refractivity contribution in [2.45, 2.75) is 32.7 Å². The summed E-state index contributed by atoms with van der Waals surface area (Å²) in [5.74, 6) is 0. The minimum Gasteiger partial charge on any atom is -0.465 e. The number of nitrogens with one attached hydrogen (secondary N) is 1. The molecule has 0 fully saturated rings. The van der Waals surface area contributed by atoms with Gasteiger partial charge in [0.15, 0.2) is 0 Å². The highest BCUT2D eigenvalue weighted by molar-refractivity contribution is 5.65. The number of amides is 1. The van der Waals surface area contributed by atoms with E-state index in [1.807, 2.05) is 20.9 Å². The molecule has 0 unspecified atom stereocenters. The van der Waals surface area contributed by atoms with Crippen molar-refractivity contribution in [1.29, 1.82) is 0 Å². The number of rotatable bonds is 5. The molecule has 0 rings (SSSR count). The molecule has 0 aromatic rings. The molecule has 0 saturated carbocycles. The zero-order chi connectivity index (χ0) is 10.5. The van der Waals surface area contributed by atoms with Crippen LogP contribution in [0.1, 0.15) is 27.2 Å². The van der Waals surface area contributed by atoms with Crippen LogP contribution >= 0.6 is 0 Å². The van der Waals surface area contributed by atoms with Gasteiger partial charge in [-0.1, -0.05) is 6.92 Å². The van der Waals surface area contributed by atoms with E-state index >= 15 is 0 Å². The van der Waals surface area contributed by atoms with Gasteiger partial charge in [0.2, 0.25) is 0 Å². The Bertz CT molecular complexity index is 169. The summed E-state index contributed by atoms with van der Waals surface area (Å²) in [5, 5.41) is 11.0. The fourth-order valence-electron chi connectivity index (χ4n) is 0.980. The summed E-state index contributed by atoms with van der Waals surface area (Å²) in [6.07, 6.45) is -0.131. The molecule has 4 nitrogen and oxygen atoms in total. The summed E-state index contributed by atoms with van der Waals surface area (Å²) in [7, 11) is 2.02. The van der Waals surface area contributed by atoms with Gasteiger partial charge in [-0.15, -0.1) is 0 Å². The Morgan fingerprint density at radius 1 is 1.54 bits per heavy atom. The molecule has 4 heteroatoms. The topological polar surface area (TPSA) is 52.6 Å². The number of hydrogen-bond acceptors (Lipinski definition) is 2. The van der Waals surface area contributed by atoms with Crippen molar-refractivity contribution < 1.29 is 9.90 Å². The summed E-state index contributed by atoms with van der Waals surface area (Å²) >= 11 is 0. The maximum Gasteiger partial charge on any atom is 0.405 e. The molecule has 2 N–H and O–H groups in total. The van der Waals surface area contributed by atoms with E-state index in [1.54, 1.807) is 0 Å². The third-order valence-electron chi connectivity index (χ3n) is 2.10. The van der Waals surface area contributed by atoms with Crippen LogP contribution in [0.3, 0.4) is 0 Å². The Morgan fingerprint density at radius 2 is 2.08 bits per heavy atom. The Hall–Kier alpha value is -0.770. The first kappa shape index (κ1) is 12.2. The van der Waals surface area contributed by atoms with Crippen LogP contribution in [0.25, 0.3) is 0 Å². The Kier molecular flexibility index (Phi) is 4.77. The van der Waals surface area contributed by atoms with Crippen LogP contribution in [0.4, 0.5) is 4.79 Å². The van der Waals surface area contributed by atoms with Gasteiger partial charge in [-0.25, -0.2) is 4.79 Å². The summed E-state index contributed by atoms with van der Waals surface area (Å²) in [4.78, 5) is 12.6. The van der Waals surface area contributed by atoms with Gasteiger partial charge in [-0.05, 0) is 33.9 Å².